The average Bonchev–Trinajstić information content (AvgIpc) is 2.94. The van der Waals surface area contributed by atoms with Crippen molar-refractivity contribution in [3.05, 3.63) is 40.6 Å². The van der Waals surface area contributed by atoms with Crippen molar-refractivity contribution in [3.63, 3.8) is 0 Å². The lowest BCUT2D eigenvalue weighted by atomic mass is 9.99. The van der Waals surface area contributed by atoms with Crippen LogP contribution in [0.4, 0.5) is 5.13 Å². The van der Waals surface area contributed by atoms with Gasteiger partial charge in [0.05, 0.1) is 11.3 Å². The minimum Gasteiger partial charge on any atom is -0.478 e. The maximum absolute atomic E-state index is 13.0. The quantitative estimate of drug-likeness (QED) is 0.816. The number of nitrogens with zero attached hydrogens (tertiary/aromatic N) is 2. The molecule has 1 aromatic carbocycles. The van der Waals surface area contributed by atoms with E-state index in [-0.39, 0.29) is 27.4 Å². The zero-order chi connectivity index (χ0) is 19.1. The van der Waals surface area contributed by atoms with E-state index in [0.29, 0.717) is 24.2 Å². The van der Waals surface area contributed by atoms with Gasteiger partial charge in [-0.15, -0.1) is 0 Å². The summed E-state index contributed by atoms with van der Waals surface area (Å²) in [7, 11) is -3.79. The zero-order valence-corrected chi connectivity index (χ0v) is 15.8. The van der Waals surface area contributed by atoms with Gasteiger partial charge in [-0.3, -0.25) is 4.79 Å². The summed E-state index contributed by atoms with van der Waals surface area (Å²) < 4.78 is 27.4. The minimum atomic E-state index is -3.79. The Morgan fingerprint density at radius 2 is 2.04 bits per heavy atom. The largest absolute Gasteiger partial charge is 0.478 e. The third-order valence-corrected chi connectivity index (χ3v) is 7.55. The number of aromatic carboxylic acids is 1. The standard InChI is InChI=1S/C16H17N3O5S2/c1-9-15(25-16(17-9)18-10(2)20)26(23,24)19-6-5-11-3-4-12(14(21)22)7-13(11)8-19/h3-4,7H,5-6,8H2,1-2H3,(H,21,22)(H,17,18,20). The second-order valence-corrected chi connectivity index (χ2v) is 9.08. The van der Waals surface area contributed by atoms with E-state index in [9.17, 15) is 18.0 Å². The molecular weight excluding hydrogens is 378 g/mol. The molecule has 0 aliphatic carbocycles. The molecule has 138 valence electrons. The zero-order valence-electron chi connectivity index (χ0n) is 14.1. The van der Waals surface area contributed by atoms with Crippen LogP contribution < -0.4 is 5.32 Å². The smallest absolute Gasteiger partial charge is 0.335 e. The molecule has 0 spiro atoms. The summed E-state index contributed by atoms with van der Waals surface area (Å²) in [5, 5.41) is 11.9. The minimum absolute atomic E-state index is 0.0825. The molecule has 2 aromatic rings. The summed E-state index contributed by atoms with van der Waals surface area (Å²) in [6, 6.07) is 4.77. The van der Waals surface area contributed by atoms with Gasteiger partial charge >= 0.3 is 5.97 Å². The third-order valence-electron chi connectivity index (χ3n) is 4.04. The highest BCUT2D eigenvalue weighted by atomic mass is 32.2. The van der Waals surface area contributed by atoms with E-state index in [1.54, 1.807) is 13.0 Å². The molecule has 0 fully saturated rings. The second-order valence-electron chi connectivity index (χ2n) is 5.95. The van der Waals surface area contributed by atoms with Crippen molar-refractivity contribution in [2.24, 2.45) is 0 Å². The summed E-state index contributed by atoms with van der Waals surface area (Å²) in [5.74, 6) is -1.37. The number of rotatable bonds is 4. The van der Waals surface area contributed by atoms with Crippen LogP contribution in [0, 0.1) is 6.92 Å². The van der Waals surface area contributed by atoms with Crippen molar-refractivity contribution in [1.82, 2.24) is 9.29 Å². The number of anilines is 1. The van der Waals surface area contributed by atoms with Crippen molar-refractivity contribution >= 4 is 38.4 Å². The summed E-state index contributed by atoms with van der Waals surface area (Å²) in [5.41, 5.74) is 2.08. The van der Waals surface area contributed by atoms with Crippen LogP contribution in [0.5, 0.6) is 0 Å². The van der Waals surface area contributed by atoms with Gasteiger partial charge in [0.1, 0.15) is 0 Å². The number of carbonyl (C=O) groups excluding carboxylic acids is 1. The number of thiazole rings is 1. The monoisotopic (exact) mass is 395 g/mol. The molecule has 0 bridgehead atoms. The van der Waals surface area contributed by atoms with E-state index >= 15 is 0 Å². The first-order valence-corrected chi connectivity index (χ1v) is 10.0. The Kier molecular flexibility index (Phi) is 4.82. The van der Waals surface area contributed by atoms with Crippen LogP contribution in [-0.2, 0) is 27.8 Å². The fraction of sp³-hybridized carbons (Fsp3) is 0.312. The normalized spacial score (nSPS) is 14.7. The van der Waals surface area contributed by atoms with Crippen molar-refractivity contribution in [3.8, 4) is 0 Å². The highest BCUT2D eigenvalue weighted by molar-refractivity contribution is 7.91. The summed E-state index contributed by atoms with van der Waals surface area (Å²) >= 11 is 0.911. The highest BCUT2D eigenvalue weighted by Crippen LogP contribution is 2.32. The van der Waals surface area contributed by atoms with Gasteiger partial charge in [-0.1, -0.05) is 17.4 Å². The van der Waals surface area contributed by atoms with Crippen LogP contribution in [0.1, 0.15) is 34.1 Å². The topological polar surface area (TPSA) is 117 Å². The molecule has 8 nitrogen and oxygen atoms in total. The number of nitrogens with one attached hydrogen (secondary N) is 1. The van der Waals surface area contributed by atoms with Gasteiger partial charge in [0.2, 0.25) is 5.91 Å². The van der Waals surface area contributed by atoms with Gasteiger partial charge in [-0.05, 0) is 36.6 Å². The van der Waals surface area contributed by atoms with Gasteiger partial charge in [-0.25, -0.2) is 18.2 Å². The molecule has 2 N–H and O–H groups in total. The number of sulfonamides is 1. The predicted molar refractivity (Wildman–Crippen MR) is 95.9 cm³/mol. The lowest BCUT2D eigenvalue weighted by molar-refractivity contribution is -0.114. The number of carboxylic acid groups (broad SMARTS) is 1. The molecule has 1 amide bonds. The van der Waals surface area contributed by atoms with Crippen LogP contribution >= 0.6 is 11.3 Å². The highest BCUT2D eigenvalue weighted by Gasteiger charge is 2.32. The predicted octanol–water partition coefficient (Wildman–Crippen LogP) is 1.86. The van der Waals surface area contributed by atoms with Crippen molar-refractivity contribution < 1.29 is 23.1 Å². The molecule has 0 saturated carbocycles. The SMILES string of the molecule is CC(=O)Nc1nc(C)c(S(=O)(=O)N2CCc3ccc(C(=O)O)cc3C2)s1. The summed E-state index contributed by atoms with van der Waals surface area (Å²) in [6.07, 6.45) is 0.505. The Balaban J connectivity index is 1.92. The van der Waals surface area contributed by atoms with Crippen LogP contribution in [0.2, 0.25) is 0 Å². The summed E-state index contributed by atoms with van der Waals surface area (Å²) in [6.45, 7) is 3.31. The van der Waals surface area contributed by atoms with Gasteiger partial charge < -0.3 is 10.4 Å². The Morgan fingerprint density at radius 1 is 1.31 bits per heavy atom. The molecule has 1 aliphatic heterocycles. The van der Waals surface area contributed by atoms with Crippen molar-refractivity contribution in [1.29, 1.82) is 0 Å². The number of carbonyl (C=O) groups is 2. The fourth-order valence-electron chi connectivity index (χ4n) is 2.81. The first-order chi connectivity index (χ1) is 12.2. The third kappa shape index (κ3) is 3.48. The van der Waals surface area contributed by atoms with E-state index in [1.165, 1.54) is 23.4 Å². The molecule has 10 heteroatoms. The average molecular weight is 395 g/mol. The molecule has 0 atom stereocenters. The molecular formula is C16H17N3O5S2. The van der Waals surface area contributed by atoms with Gasteiger partial charge in [0, 0.05) is 20.0 Å². The Morgan fingerprint density at radius 3 is 2.69 bits per heavy atom. The van der Waals surface area contributed by atoms with E-state index in [2.05, 4.69) is 10.3 Å². The van der Waals surface area contributed by atoms with E-state index < -0.39 is 16.0 Å². The van der Waals surface area contributed by atoms with E-state index in [1.807, 2.05) is 0 Å². The molecule has 2 heterocycles. The number of aryl methyl sites for hydroxylation is 1. The lowest BCUT2D eigenvalue weighted by Gasteiger charge is -2.27. The van der Waals surface area contributed by atoms with Crippen molar-refractivity contribution in [2.45, 2.75) is 31.0 Å². The van der Waals surface area contributed by atoms with Crippen LogP contribution in [-0.4, -0.2) is 41.2 Å². The van der Waals surface area contributed by atoms with Crippen LogP contribution in [0.25, 0.3) is 0 Å². The van der Waals surface area contributed by atoms with Crippen molar-refractivity contribution in [2.75, 3.05) is 11.9 Å². The van der Waals surface area contributed by atoms with Gasteiger partial charge in [0.15, 0.2) is 9.34 Å². The number of carboxylic acids is 1. The Hall–Kier alpha value is -2.30. The number of hydrogen-bond acceptors (Lipinski definition) is 6. The van der Waals surface area contributed by atoms with Crippen LogP contribution in [0.3, 0.4) is 0 Å². The summed E-state index contributed by atoms with van der Waals surface area (Å²) in [4.78, 5) is 26.4. The molecule has 0 radical (unpaired) electrons. The van der Waals surface area contributed by atoms with E-state index in [4.69, 9.17) is 5.11 Å². The lowest BCUT2D eigenvalue weighted by Crippen LogP contribution is -2.36. The van der Waals surface area contributed by atoms with Crippen LogP contribution in [0.15, 0.2) is 22.4 Å². The first kappa shape index (κ1) is 18.5. The Bertz CT molecular complexity index is 997. The second kappa shape index (κ2) is 6.78. The number of aromatic nitrogens is 1. The number of hydrogen-bond donors (Lipinski definition) is 2. The number of amides is 1. The van der Waals surface area contributed by atoms with E-state index in [0.717, 1.165) is 16.9 Å². The van der Waals surface area contributed by atoms with Gasteiger partial charge in [-0.2, -0.15) is 4.31 Å². The molecule has 1 aromatic heterocycles. The molecule has 0 saturated heterocycles. The van der Waals surface area contributed by atoms with Gasteiger partial charge in [0.25, 0.3) is 10.0 Å². The molecule has 26 heavy (non-hydrogen) atoms. The fourth-order valence-corrected chi connectivity index (χ4v) is 5.83. The molecule has 0 unspecified atom stereocenters. The number of fused-ring (bicyclic) bond motifs is 1. The molecule has 3 rings (SSSR count). The number of benzene rings is 1. The maximum atomic E-state index is 13.0. The molecule has 1 aliphatic rings. The first-order valence-electron chi connectivity index (χ1n) is 7.78. The Labute approximate surface area is 154 Å². The maximum Gasteiger partial charge on any atom is 0.335 e.